The summed E-state index contributed by atoms with van der Waals surface area (Å²) >= 11 is 5.35. The van der Waals surface area contributed by atoms with Crippen LogP contribution < -0.4 is 15.4 Å². The molecule has 0 heterocycles. The van der Waals surface area contributed by atoms with Crippen molar-refractivity contribution in [3.05, 3.63) is 59.7 Å². The van der Waals surface area contributed by atoms with E-state index < -0.39 is 0 Å². The third-order valence-corrected chi connectivity index (χ3v) is 3.73. The summed E-state index contributed by atoms with van der Waals surface area (Å²) < 4.78 is 5.58. The van der Waals surface area contributed by atoms with E-state index in [9.17, 15) is 0 Å². The summed E-state index contributed by atoms with van der Waals surface area (Å²) in [6.45, 7) is 5.56. The quantitative estimate of drug-likeness (QED) is 0.586. The molecule has 122 valence electrons. The SMILES string of the molecule is CCOc1ccccc1NC(=S)NCCCc1ccc(C)cc1. The van der Waals surface area contributed by atoms with Crippen molar-refractivity contribution in [2.45, 2.75) is 26.7 Å². The topological polar surface area (TPSA) is 33.3 Å². The zero-order chi connectivity index (χ0) is 16.5. The molecule has 2 rings (SSSR count). The van der Waals surface area contributed by atoms with Gasteiger partial charge in [-0.25, -0.2) is 0 Å². The molecule has 0 aliphatic rings. The molecule has 0 aliphatic heterocycles. The van der Waals surface area contributed by atoms with Gasteiger partial charge in [0.15, 0.2) is 5.11 Å². The van der Waals surface area contributed by atoms with Crippen molar-refractivity contribution in [1.29, 1.82) is 0 Å². The summed E-state index contributed by atoms with van der Waals surface area (Å²) in [4.78, 5) is 0. The van der Waals surface area contributed by atoms with Crippen LogP contribution in [-0.4, -0.2) is 18.3 Å². The molecule has 4 heteroatoms. The van der Waals surface area contributed by atoms with Crippen LogP contribution in [0.3, 0.4) is 0 Å². The number of aryl methyl sites for hydroxylation is 2. The van der Waals surface area contributed by atoms with E-state index in [0.717, 1.165) is 30.8 Å². The molecule has 0 aliphatic carbocycles. The maximum atomic E-state index is 5.58. The Balaban J connectivity index is 1.74. The maximum Gasteiger partial charge on any atom is 0.170 e. The summed E-state index contributed by atoms with van der Waals surface area (Å²) in [5.74, 6) is 0.818. The van der Waals surface area contributed by atoms with Crippen molar-refractivity contribution in [2.24, 2.45) is 0 Å². The minimum atomic E-state index is 0.626. The van der Waals surface area contributed by atoms with Gasteiger partial charge in [0.05, 0.1) is 12.3 Å². The molecule has 2 aromatic carbocycles. The van der Waals surface area contributed by atoms with Gasteiger partial charge in [0, 0.05) is 6.54 Å². The lowest BCUT2D eigenvalue weighted by Gasteiger charge is -2.14. The number of nitrogens with one attached hydrogen (secondary N) is 2. The smallest absolute Gasteiger partial charge is 0.170 e. The first-order chi connectivity index (χ1) is 11.2. The van der Waals surface area contributed by atoms with E-state index in [4.69, 9.17) is 17.0 Å². The second kappa shape index (κ2) is 9.16. The molecule has 0 unspecified atom stereocenters. The molecule has 3 nitrogen and oxygen atoms in total. The summed E-state index contributed by atoms with van der Waals surface area (Å²) in [6.07, 6.45) is 2.09. The first-order valence-electron chi connectivity index (χ1n) is 8.01. The molecule has 0 spiro atoms. The van der Waals surface area contributed by atoms with Crippen LogP contribution >= 0.6 is 12.2 Å². The van der Waals surface area contributed by atoms with Gasteiger partial charge in [-0.2, -0.15) is 0 Å². The minimum absolute atomic E-state index is 0.626. The molecule has 0 saturated heterocycles. The number of hydrogen-bond donors (Lipinski definition) is 2. The van der Waals surface area contributed by atoms with Crippen molar-refractivity contribution < 1.29 is 4.74 Å². The second-order valence-electron chi connectivity index (χ2n) is 5.40. The molecule has 0 aromatic heterocycles. The van der Waals surface area contributed by atoms with Gasteiger partial charge in [-0.1, -0.05) is 42.0 Å². The second-order valence-corrected chi connectivity index (χ2v) is 5.81. The number of ether oxygens (including phenoxy) is 1. The normalized spacial score (nSPS) is 10.2. The number of benzene rings is 2. The number of thiocarbonyl (C=S) groups is 1. The Hall–Kier alpha value is -2.07. The summed E-state index contributed by atoms with van der Waals surface area (Å²) in [5.41, 5.74) is 3.55. The Morgan fingerprint density at radius 3 is 2.57 bits per heavy atom. The fraction of sp³-hybridized carbons (Fsp3) is 0.316. The van der Waals surface area contributed by atoms with Gasteiger partial charge in [-0.05, 0) is 56.6 Å². The van der Waals surface area contributed by atoms with Gasteiger partial charge in [-0.15, -0.1) is 0 Å². The van der Waals surface area contributed by atoms with E-state index in [1.54, 1.807) is 0 Å². The first-order valence-corrected chi connectivity index (χ1v) is 8.42. The zero-order valence-corrected chi connectivity index (χ0v) is 14.6. The lowest BCUT2D eigenvalue weighted by atomic mass is 10.1. The van der Waals surface area contributed by atoms with Gasteiger partial charge in [-0.3, -0.25) is 0 Å². The van der Waals surface area contributed by atoms with Crippen LogP contribution in [0.2, 0.25) is 0 Å². The molecular weight excluding hydrogens is 304 g/mol. The Labute approximate surface area is 144 Å². The molecule has 2 aromatic rings. The van der Waals surface area contributed by atoms with Crippen LogP contribution in [0, 0.1) is 6.92 Å². The van der Waals surface area contributed by atoms with E-state index in [1.807, 2.05) is 31.2 Å². The van der Waals surface area contributed by atoms with Crippen molar-refractivity contribution >= 4 is 23.0 Å². The Morgan fingerprint density at radius 2 is 1.83 bits per heavy atom. The van der Waals surface area contributed by atoms with Crippen molar-refractivity contribution in [3.8, 4) is 5.75 Å². The molecule has 2 N–H and O–H groups in total. The number of hydrogen-bond acceptors (Lipinski definition) is 2. The predicted octanol–water partition coefficient (Wildman–Crippen LogP) is 4.31. The van der Waals surface area contributed by atoms with E-state index in [0.29, 0.717) is 11.7 Å². The fourth-order valence-corrected chi connectivity index (χ4v) is 2.48. The highest BCUT2D eigenvalue weighted by atomic mass is 32.1. The van der Waals surface area contributed by atoms with Crippen LogP contribution in [0.5, 0.6) is 5.75 Å². The average molecular weight is 328 g/mol. The minimum Gasteiger partial charge on any atom is -0.492 e. The van der Waals surface area contributed by atoms with E-state index >= 15 is 0 Å². The lowest BCUT2D eigenvalue weighted by Crippen LogP contribution is -2.29. The van der Waals surface area contributed by atoms with Crippen LogP contribution in [0.4, 0.5) is 5.69 Å². The van der Waals surface area contributed by atoms with E-state index in [2.05, 4.69) is 41.8 Å². The third-order valence-electron chi connectivity index (χ3n) is 3.48. The van der Waals surface area contributed by atoms with Crippen LogP contribution in [-0.2, 0) is 6.42 Å². The summed E-state index contributed by atoms with van der Waals surface area (Å²) in [7, 11) is 0. The predicted molar refractivity (Wildman–Crippen MR) is 101 cm³/mol. The maximum absolute atomic E-state index is 5.58. The average Bonchev–Trinajstić information content (AvgIpc) is 2.55. The van der Waals surface area contributed by atoms with Gasteiger partial charge < -0.3 is 15.4 Å². The molecular formula is C19H24N2OS. The monoisotopic (exact) mass is 328 g/mol. The number of anilines is 1. The van der Waals surface area contributed by atoms with Crippen LogP contribution in [0.15, 0.2) is 48.5 Å². The van der Waals surface area contributed by atoms with Crippen molar-refractivity contribution in [2.75, 3.05) is 18.5 Å². The fourth-order valence-electron chi connectivity index (χ4n) is 2.27. The molecule has 0 atom stereocenters. The highest BCUT2D eigenvalue weighted by molar-refractivity contribution is 7.80. The first kappa shape index (κ1) is 17.3. The van der Waals surface area contributed by atoms with Crippen molar-refractivity contribution in [1.82, 2.24) is 5.32 Å². The van der Waals surface area contributed by atoms with Gasteiger partial charge >= 0.3 is 0 Å². The van der Waals surface area contributed by atoms with Crippen LogP contribution in [0.25, 0.3) is 0 Å². The van der Waals surface area contributed by atoms with Gasteiger partial charge in [0.2, 0.25) is 0 Å². The highest BCUT2D eigenvalue weighted by Crippen LogP contribution is 2.23. The molecule has 0 radical (unpaired) electrons. The van der Waals surface area contributed by atoms with Gasteiger partial charge in [0.1, 0.15) is 5.75 Å². The van der Waals surface area contributed by atoms with Gasteiger partial charge in [0.25, 0.3) is 0 Å². The summed E-state index contributed by atoms with van der Waals surface area (Å²) in [6, 6.07) is 16.5. The molecule has 0 bridgehead atoms. The number of rotatable bonds is 7. The standard InChI is InChI=1S/C19H24N2OS/c1-3-22-18-9-5-4-8-17(18)21-19(23)20-14-6-7-16-12-10-15(2)11-13-16/h4-5,8-13H,3,6-7,14H2,1-2H3,(H2,20,21,23). The van der Waals surface area contributed by atoms with Crippen molar-refractivity contribution in [3.63, 3.8) is 0 Å². The van der Waals surface area contributed by atoms with E-state index in [1.165, 1.54) is 11.1 Å². The third kappa shape index (κ3) is 5.91. The molecule has 23 heavy (non-hydrogen) atoms. The molecule has 0 saturated carbocycles. The molecule has 0 fully saturated rings. The lowest BCUT2D eigenvalue weighted by molar-refractivity contribution is 0.342. The highest BCUT2D eigenvalue weighted by Gasteiger charge is 2.04. The zero-order valence-electron chi connectivity index (χ0n) is 13.8. The van der Waals surface area contributed by atoms with E-state index in [-0.39, 0.29) is 0 Å². The Morgan fingerprint density at radius 1 is 1.09 bits per heavy atom. The van der Waals surface area contributed by atoms with Crippen LogP contribution in [0.1, 0.15) is 24.5 Å². The molecule has 0 amide bonds. The Bertz CT molecular complexity index is 626. The Kier molecular flexibility index (Phi) is 6.88. The largest absolute Gasteiger partial charge is 0.492 e. The number of para-hydroxylation sites is 2. The summed E-state index contributed by atoms with van der Waals surface area (Å²) in [5, 5.41) is 7.07.